The average molecular weight is 364 g/mol. The Morgan fingerprint density at radius 3 is 2.67 bits per heavy atom. The number of nitrogens with one attached hydrogen (secondary N) is 1. The molecule has 5 heteroatoms. The first kappa shape index (κ1) is 19.1. The smallest absolute Gasteiger partial charge is 0.254 e. The Labute approximate surface area is 160 Å². The van der Waals surface area contributed by atoms with E-state index < -0.39 is 0 Å². The van der Waals surface area contributed by atoms with E-state index in [0.717, 1.165) is 28.8 Å². The zero-order valence-electron chi connectivity index (χ0n) is 16.2. The van der Waals surface area contributed by atoms with E-state index >= 15 is 0 Å². The van der Waals surface area contributed by atoms with Crippen molar-refractivity contribution in [2.45, 2.75) is 52.4 Å². The summed E-state index contributed by atoms with van der Waals surface area (Å²) in [6, 6.07) is 11.9. The van der Waals surface area contributed by atoms with Crippen molar-refractivity contribution in [1.29, 1.82) is 0 Å². The monoisotopic (exact) mass is 364 g/mol. The molecular formula is C22H28N4O. The van der Waals surface area contributed by atoms with Gasteiger partial charge < -0.3 is 5.32 Å². The number of unbranched alkanes of at least 4 members (excludes halogenated alkanes) is 5. The second-order valence-corrected chi connectivity index (χ2v) is 6.94. The van der Waals surface area contributed by atoms with E-state index in [2.05, 4.69) is 22.3 Å². The van der Waals surface area contributed by atoms with Gasteiger partial charge in [-0.15, -0.1) is 0 Å². The molecule has 0 saturated heterocycles. The van der Waals surface area contributed by atoms with Crippen LogP contribution < -0.4 is 5.32 Å². The maximum atomic E-state index is 12.5. The third kappa shape index (κ3) is 4.73. The molecule has 3 rings (SSSR count). The highest BCUT2D eigenvalue weighted by molar-refractivity contribution is 5.95. The molecule has 0 spiro atoms. The lowest BCUT2D eigenvalue weighted by Crippen LogP contribution is -2.24. The number of carbonyl (C=O) groups excluding carboxylic acids is 1. The summed E-state index contributed by atoms with van der Waals surface area (Å²) in [4.78, 5) is 17.1. The summed E-state index contributed by atoms with van der Waals surface area (Å²) in [6.07, 6.45) is 8.90. The molecule has 0 aliphatic carbocycles. The predicted molar refractivity (Wildman–Crippen MR) is 109 cm³/mol. The largest absolute Gasteiger partial charge is 0.352 e. The van der Waals surface area contributed by atoms with Gasteiger partial charge in [-0.3, -0.25) is 4.79 Å². The van der Waals surface area contributed by atoms with Crippen molar-refractivity contribution in [2.75, 3.05) is 6.54 Å². The summed E-state index contributed by atoms with van der Waals surface area (Å²) in [5.74, 6) is 0.661. The van der Waals surface area contributed by atoms with Gasteiger partial charge in [0.15, 0.2) is 5.82 Å². The molecule has 0 radical (unpaired) electrons. The van der Waals surface area contributed by atoms with Gasteiger partial charge in [0.1, 0.15) is 0 Å². The van der Waals surface area contributed by atoms with E-state index in [1.807, 2.05) is 43.3 Å². The van der Waals surface area contributed by atoms with Crippen molar-refractivity contribution in [3.05, 3.63) is 53.9 Å². The highest BCUT2D eigenvalue weighted by Crippen LogP contribution is 2.17. The Hall–Kier alpha value is -2.69. The van der Waals surface area contributed by atoms with Crippen LogP contribution in [0.25, 0.3) is 16.7 Å². The van der Waals surface area contributed by atoms with Gasteiger partial charge >= 0.3 is 0 Å². The van der Waals surface area contributed by atoms with Gasteiger partial charge in [-0.25, -0.2) is 9.67 Å². The molecule has 0 saturated carbocycles. The molecule has 2 heterocycles. The van der Waals surface area contributed by atoms with Gasteiger partial charge in [0, 0.05) is 11.9 Å². The number of hydrogen-bond donors (Lipinski definition) is 1. The average Bonchev–Trinajstić information content (AvgIpc) is 3.08. The lowest BCUT2D eigenvalue weighted by Gasteiger charge is -2.07. The lowest BCUT2D eigenvalue weighted by molar-refractivity contribution is 0.0952. The van der Waals surface area contributed by atoms with Crippen LogP contribution in [0.4, 0.5) is 0 Å². The molecule has 0 fully saturated rings. The number of amides is 1. The summed E-state index contributed by atoms with van der Waals surface area (Å²) in [7, 11) is 0. The lowest BCUT2D eigenvalue weighted by atomic mass is 10.1. The second kappa shape index (κ2) is 9.31. The molecule has 3 aromatic rings. The van der Waals surface area contributed by atoms with Crippen LogP contribution in [0.15, 0.2) is 42.6 Å². The standard InChI is InChI=1S/C22H28N4O/c1-3-4-5-6-7-10-15-23-22(27)19-16-24-26(17(19)2)21-14-13-18-11-8-9-12-20(18)25-21/h8-9,11-14,16H,3-7,10,15H2,1-2H3,(H,23,27). The van der Waals surface area contributed by atoms with E-state index in [0.29, 0.717) is 12.1 Å². The van der Waals surface area contributed by atoms with Crippen LogP contribution in [0.2, 0.25) is 0 Å². The van der Waals surface area contributed by atoms with Gasteiger partial charge in [-0.1, -0.05) is 57.2 Å². The summed E-state index contributed by atoms with van der Waals surface area (Å²) in [5.41, 5.74) is 2.33. The summed E-state index contributed by atoms with van der Waals surface area (Å²) < 4.78 is 1.73. The molecule has 0 atom stereocenters. The molecular weight excluding hydrogens is 336 g/mol. The van der Waals surface area contributed by atoms with Gasteiger partial charge in [-0.2, -0.15) is 5.10 Å². The predicted octanol–water partition coefficient (Wildman–Crippen LogP) is 4.82. The van der Waals surface area contributed by atoms with Crippen LogP contribution in [-0.4, -0.2) is 27.2 Å². The Kier molecular flexibility index (Phi) is 6.58. The Morgan fingerprint density at radius 1 is 1.04 bits per heavy atom. The maximum Gasteiger partial charge on any atom is 0.254 e. The van der Waals surface area contributed by atoms with Crippen LogP contribution in [0.3, 0.4) is 0 Å². The number of aromatic nitrogens is 3. The van der Waals surface area contributed by atoms with Crippen LogP contribution in [-0.2, 0) is 0 Å². The third-order valence-electron chi connectivity index (χ3n) is 4.87. The van der Waals surface area contributed by atoms with Crippen LogP contribution in [0, 0.1) is 6.92 Å². The van der Waals surface area contributed by atoms with Gasteiger partial charge in [0.05, 0.1) is 23.0 Å². The number of pyridine rings is 1. The van der Waals surface area contributed by atoms with Crippen LogP contribution in [0.1, 0.15) is 61.5 Å². The molecule has 1 amide bonds. The molecule has 5 nitrogen and oxygen atoms in total. The fraction of sp³-hybridized carbons (Fsp3) is 0.409. The van der Waals surface area contributed by atoms with E-state index in [-0.39, 0.29) is 5.91 Å². The first-order valence-electron chi connectivity index (χ1n) is 9.89. The second-order valence-electron chi connectivity index (χ2n) is 6.94. The normalized spacial score (nSPS) is 11.0. The number of para-hydroxylation sites is 1. The van der Waals surface area contributed by atoms with Crippen LogP contribution in [0.5, 0.6) is 0 Å². The summed E-state index contributed by atoms with van der Waals surface area (Å²) in [6.45, 7) is 4.84. The Balaban J connectivity index is 1.61. The Morgan fingerprint density at radius 2 is 1.81 bits per heavy atom. The molecule has 1 aromatic carbocycles. The number of rotatable bonds is 9. The van der Waals surface area contributed by atoms with Gasteiger partial charge in [0.2, 0.25) is 0 Å². The molecule has 1 N–H and O–H groups in total. The molecule has 0 bridgehead atoms. The molecule has 2 aromatic heterocycles. The van der Waals surface area contributed by atoms with E-state index in [1.54, 1.807) is 10.9 Å². The number of fused-ring (bicyclic) bond motifs is 1. The fourth-order valence-electron chi connectivity index (χ4n) is 3.24. The summed E-state index contributed by atoms with van der Waals surface area (Å²) >= 11 is 0. The quantitative estimate of drug-likeness (QED) is 0.554. The first-order chi connectivity index (χ1) is 13.2. The zero-order valence-corrected chi connectivity index (χ0v) is 16.2. The minimum absolute atomic E-state index is 0.0619. The summed E-state index contributed by atoms with van der Waals surface area (Å²) in [5, 5.41) is 8.48. The Bertz CT molecular complexity index is 900. The zero-order chi connectivity index (χ0) is 19.1. The van der Waals surface area contributed by atoms with Crippen molar-refractivity contribution in [3.8, 4) is 5.82 Å². The van der Waals surface area contributed by atoms with Gasteiger partial charge in [0.25, 0.3) is 5.91 Å². The molecule has 27 heavy (non-hydrogen) atoms. The van der Waals surface area contributed by atoms with Crippen molar-refractivity contribution >= 4 is 16.8 Å². The van der Waals surface area contributed by atoms with Crippen LogP contribution >= 0.6 is 0 Å². The maximum absolute atomic E-state index is 12.5. The third-order valence-corrected chi connectivity index (χ3v) is 4.87. The number of carbonyl (C=O) groups is 1. The minimum atomic E-state index is -0.0619. The highest BCUT2D eigenvalue weighted by atomic mass is 16.1. The van der Waals surface area contributed by atoms with Crippen molar-refractivity contribution in [3.63, 3.8) is 0 Å². The molecule has 0 unspecified atom stereocenters. The molecule has 142 valence electrons. The first-order valence-corrected chi connectivity index (χ1v) is 9.89. The van der Waals surface area contributed by atoms with Gasteiger partial charge in [-0.05, 0) is 31.5 Å². The molecule has 0 aliphatic heterocycles. The number of nitrogens with zero attached hydrogens (tertiary/aromatic N) is 3. The van der Waals surface area contributed by atoms with Crippen molar-refractivity contribution in [2.24, 2.45) is 0 Å². The molecule has 0 aliphatic rings. The fourth-order valence-corrected chi connectivity index (χ4v) is 3.24. The number of benzene rings is 1. The SMILES string of the molecule is CCCCCCCCNC(=O)c1cnn(-c2ccc3ccccc3n2)c1C. The van der Waals surface area contributed by atoms with E-state index in [4.69, 9.17) is 0 Å². The number of hydrogen-bond acceptors (Lipinski definition) is 3. The minimum Gasteiger partial charge on any atom is -0.352 e. The highest BCUT2D eigenvalue weighted by Gasteiger charge is 2.15. The van der Waals surface area contributed by atoms with Crippen molar-refractivity contribution in [1.82, 2.24) is 20.1 Å². The van der Waals surface area contributed by atoms with Crippen molar-refractivity contribution < 1.29 is 4.79 Å². The topological polar surface area (TPSA) is 59.8 Å². The van der Waals surface area contributed by atoms with E-state index in [9.17, 15) is 4.79 Å². The van der Waals surface area contributed by atoms with E-state index in [1.165, 1.54) is 32.1 Å².